The van der Waals surface area contributed by atoms with Crippen molar-refractivity contribution in [1.29, 1.82) is 0 Å². The number of pyridine rings is 1. The van der Waals surface area contributed by atoms with Crippen molar-refractivity contribution >= 4 is 16.6 Å². The highest BCUT2D eigenvalue weighted by Gasteiger charge is 2.36. The molecule has 0 aliphatic heterocycles. The molecule has 0 radical (unpaired) electrons. The second-order valence-electron chi connectivity index (χ2n) is 8.98. The summed E-state index contributed by atoms with van der Waals surface area (Å²) in [5, 5.41) is 5.21. The molecule has 1 N–H and O–H groups in total. The highest BCUT2D eigenvalue weighted by molar-refractivity contribution is 6.00. The topological polar surface area (TPSA) is 67.8 Å². The number of nitrogens with one attached hydrogen (secondary N) is 1. The van der Waals surface area contributed by atoms with Gasteiger partial charge >= 0.3 is 0 Å². The van der Waals surface area contributed by atoms with Crippen LogP contribution >= 0.6 is 0 Å². The molecule has 2 aromatic heterocycles. The summed E-state index contributed by atoms with van der Waals surface area (Å²) in [4.78, 5) is 27.9. The molecule has 6 heteroatoms. The Kier molecular flexibility index (Phi) is 3.49. The zero-order valence-corrected chi connectivity index (χ0v) is 16.2. The number of benzene rings is 1. The molecule has 0 spiro atoms. The van der Waals surface area contributed by atoms with Crippen LogP contribution in [0.3, 0.4) is 0 Å². The number of hydrogen-bond donors (Lipinski definition) is 1. The third-order valence-electron chi connectivity index (χ3n) is 5.88. The van der Waals surface area contributed by atoms with E-state index in [1.54, 1.807) is 10.7 Å². The highest BCUT2D eigenvalue weighted by Crippen LogP contribution is 2.40. The minimum absolute atomic E-state index is 0.0716. The number of carbonyl (C=O) groups excluding carboxylic acids is 1. The smallest absolute Gasteiger partial charge is 0.259 e. The minimum atomic E-state index is -0.570. The van der Waals surface area contributed by atoms with Gasteiger partial charge in [-0.1, -0.05) is 13.8 Å². The van der Waals surface area contributed by atoms with Crippen LogP contribution in [0.2, 0.25) is 0 Å². The van der Waals surface area contributed by atoms with Crippen LogP contribution in [-0.2, 0) is 6.42 Å². The van der Waals surface area contributed by atoms with Crippen LogP contribution in [0.15, 0.2) is 23.0 Å². The number of ketones is 1. The van der Waals surface area contributed by atoms with E-state index in [4.69, 9.17) is 0 Å². The van der Waals surface area contributed by atoms with Gasteiger partial charge in [0, 0.05) is 18.2 Å². The molecule has 1 fully saturated rings. The molecule has 0 saturated heterocycles. The first-order valence-corrected chi connectivity index (χ1v) is 9.72. The molecule has 0 atom stereocenters. The molecule has 144 valence electrons. The number of fused-ring (bicyclic) bond motifs is 2. The number of halogens is 1. The van der Waals surface area contributed by atoms with Crippen molar-refractivity contribution in [1.82, 2.24) is 14.8 Å². The van der Waals surface area contributed by atoms with Crippen LogP contribution in [0.1, 0.15) is 66.5 Å². The molecule has 2 aliphatic rings. The van der Waals surface area contributed by atoms with Gasteiger partial charge in [0.2, 0.25) is 0 Å². The summed E-state index contributed by atoms with van der Waals surface area (Å²) in [6, 6.07) is 5.02. The zero-order valence-electron chi connectivity index (χ0n) is 16.2. The van der Waals surface area contributed by atoms with Crippen LogP contribution in [0.5, 0.6) is 0 Å². The number of aromatic amines is 1. The van der Waals surface area contributed by atoms with Crippen molar-refractivity contribution < 1.29 is 9.18 Å². The van der Waals surface area contributed by atoms with Crippen molar-refractivity contribution in [2.24, 2.45) is 5.41 Å². The fraction of sp³-hybridized carbons (Fsp3) is 0.409. The number of Topliss-reactive ketones (excluding diaryl/α,β-unsaturated/α-hetero) is 1. The van der Waals surface area contributed by atoms with Gasteiger partial charge < -0.3 is 4.98 Å². The Bertz CT molecular complexity index is 1210. The number of rotatable bonds is 2. The lowest BCUT2D eigenvalue weighted by Gasteiger charge is -2.29. The first-order chi connectivity index (χ1) is 13.2. The lowest BCUT2D eigenvalue weighted by Crippen LogP contribution is -2.28. The Hall–Kier alpha value is -2.76. The van der Waals surface area contributed by atoms with Crippen LogP contribution in [0.25, 0.3) is 16.5 Å². The summed E-state index contributed by atoms with van der Waals surface area (Å²) in [6.07, 6.45) is 3.27. The largest absolute Gasteiger partial charge is 0.325 e. The van der Waals surface area contributed by atoms with Gasteiger partial charge in [-0.05, 0) is 55.0 Å². The van der Waals surface area contributed by atoms with Crippen LogP contribution in [-0.4, -0.2) is 20.5 Å². The second kappa shape index (κ2) is 5.63. The van der Waals surface area contributed by atoms with Crippen molar-refractivity contribution in [3.8, 4) is 5.69 Å². The van der Waals surface area contributed by atoms with Crippen molar-refractivity contribution in [2.75, 3.05) is 0 Å². The molecule has 0 bridgehead atoms. The van der Waals surface area contributed by atoms with Crippen LogP contribution in [0, 0.1) is 18.2 Å². The maximum absolute atomic E-state index is 14.9. The Morgan fingerprint density at radius 1 is 1.18 bits per heavy atom. The fourth-order valence-corrected chi connectivity index (χ4v) is 4.45. The maximum atomic E-state index is 14.9. The summed E-state index contributed by atoms with van der Waals surface area (Å²) >= 11 is 0. The summed E-state index contributed by atoms with van der Waals surface area (Å²) < 4.78 is 16.6. The third kappa shape index (κ3) is 2.62. The van der Waals surface area contributed by atoms with Gasteiger partial charge in [-0.2, -0.15) is 5.10 Å². The van der Waals surface area contributed by atoms with Gasteiger partial charge in [-0.3, -0.25) is 9.59 Å². The van der Waals surface area contributed by atoms with Gasteiger partial charge in [0.15, 0.2) is 5.78 Å². The van der Waals surface area contributed by atoms with E-state index >= 15 is 0 Å². The molecular weight excluding hydrogens is 357 g/mol. The Morgan fingerprint density at radius 2 is 1.93 bits per heavy atom. The standard InChI is InChI=1S/C22H22FN3O2/c1-11-19-17(9-22(2,3)10-18(19)27)26(25-11)14-6-13-7-16(12-4-5-12)24-21(28)20(13)15(23)8-14/h6-8,12H,4-5,9-10H2,1-3H3,(H,24,28). The SMILES string of the molecule is Cc1nn(-c2cc(F)c3c(=O)[nH]c(C4CC4)cc3c2)c2c1C(=O)CC(C)(C)C2. The molecule has 3 aromatic rings. The van der Waals surface area contributed by atoms with Crippen molar-refractivity contribution in [3.05, 3.63) is 57.0 Å². The van der Waals surface area contributed by atoms with E-state index in [2.05, 4.69) is 23.9 Å². The molecule has 28 heavy (non-hydrogen) atoms. The number of aryl methyl sites for hydroxylation is 1. The van der Waals surface area contributed by atoms with Crippen LogP contribution in [0.4, 0.5) is 4.39 Å². The lowest BCUT2D eigenvalue weighted by molar-refractivity contribution is 0.0910. The van der Waals surface area contributed by atoms with E-state index < -0.39 is 11.4 Å². The Balaban J connectivity index is 1.74. The van der Waals surface area contributed by atoms with E-state index in [0.29, 0.717) is 41.1 Å². The lowest BCUT2D eigenvalue weighted by atomic mass is 9.75. The van der Waals surface area contributed by atoms with E-state index in [1.807, 2.05) is 13.0 Å². The van der Waals surface area contributed by atoms with Crippen molar-refractivity contribution in [3.63, 3.8) is 0 Å². The molecule has 2 aliphatic carbocycles. The fourth-order valence-electron chi connectivity index (χ4n) is 4.45. The average molecular weight is 379 g/mol. The normalized spacial score (nSPS) is 18.5. The number of nitrogens with zero attached hydrogens (tertiary/aromatic N) is 2. The highest BCUT2D eigenvalue weighted by atomic mass is 19.1. The minimum Gasteiger partial charge on any atom is -0.325 e. The maximum Gasteiger partial charge on any atom is 0.259 e. The average Bonchev–Trinajstić information content (AvgIpc) is 3.37. The number of hydrogen-bond acceptors (Lipinski definition) is 3. The summed E-state index contributed by atoms with van der Waals surface area (Å²) in [5.41, 5.74) is 3.00. The first-order valence-electron chi connectivity index (χ1n) is 9.72. The third-order valence-corrected chi connectivity index (χ3v) is 5.88. The summed E-state index contributed by atoms with van der Waals surface area (Å²) in [5.74, 6) is -0.120. The van der Waals surface area contributed by atoms with Gasteiger partial charge in [0.05, 0.1) is 28.0 Å². The quantitative estimate of drug-likeness (QED) is 0.726. The molecule has 5 nitrogen and oxygen atoms in total. The Morgan fingerprint density at radius 3 is 2.64 bits per heavy atom. The predicted octanol–water partition coefficient (Wildman–Crippen LogP) is 4.19. The molecule has 2 heterocycles. The molecule has 0 amide bonds. The molecular formula is C22H22FN3O2. The molecule has 1 saturated carbocycles. The summed E-state index contributed by atoms with van der Waals surface area (Å²) in [6.45, 7) is 5.94. The van der Waals surface area contributed by atoms with Gasteiger partial charge in [0.25, 0.3) is 5.56 Å². The van der Waals surface area contributed by atoms with E-state index in [-0.39, 0.29) is 16.6 Å². The van der Waals surface area contributed by atoms with E-state index in [0.717, 1.165) is 24.2 Å². The molecule has 1 aromatic carbocycles. The predicted molar refractivity (Wildman–Crippen MR) is 105 cm³/mol. The number of aromatic nitrogens is 3. The number of carbonyl (C=O) groups is 1. The second-order valence-corrected chi connectivity index (χ2v) is 8.98. The van der Waals surface area contributed by atoms with Gasteiger partial charge in [-0.25, -0.2) is 9.07 Å². The van der Waals surface area contributed by atoms with E-state index in [1.165, 1.54) is 6.07 Å². The first kappa shape index (κ1) is 17.3. The van der Waals surface area contributed by atoms with Crippen molar-refractivity contribution in [2.45, 2.75) is 52.4 Å². The van der Waals surface area contributed by atoms with Crippen LogP contribution < -0.4 is 5.56 Å². The van der Waals surface area contributed by atoms with Gasteiger partial charge in [-0.15, -0.1) is 0 Å². The monoisotopic (exact) mass is 379 g/mol. The summed E-state index contributed by atoms with van der Waals surface area (Å²) in [7, 11) is 0. The molecule has 0 unspecified atom stereocenters. The van der Waals surface area contributed by atoms with E-state index in [9.17, 15) is 14.0 Å². The number of H-pyrrole nitrogens is 1. The zero-order chi connectivity index (χ0) is 19.8. The van der Waals surface area contributed by atoms with Gasteiger partial charge in [0.1, 0.15) is 5.82 Å². The molecule has 5 rings (SSSR count). The Labute approximate surface area is 161 Å².